The first kappa shape index (κ1) is 23.6. The number of hydrogen-bond donors (Lipinski definition) is 1. The Labute approximate surface area is 195 Å². The molecule has 0 aliphatic rings. The molecular weight excluding hydrogens is 448 g/mol. The van der Waals surface area contributed by atoms with Crippen molar-refractivity contribution in [2.45, 2.75) is 0 Å². The van der Waals surface area contributed by atoms with Gasteiger partial charge in [-0.1, -0.05) is 17.7 Å². The monoisotopic (exact) mass is 468 g/mol. The summed E-state index contributed by atoms with van der Waals surface area (Å²) in [5, 5.41) is 4.47. The standard InChI is InChI=1S/C24H21ClN2O6/c1-30-20-5-3-4-17(13-20)24(29)33-21-11-6-16(12-22(21)31-2)14-26-27-23(28)15-32-19-9-7-18(25)8-10-19/h3-14H,15H2,1-2H3,(H,27,28)/b26-14-. The molecule has 0 aliphatic heterocycles. The topological polar surface area (TPSA) is 95.5 Å². The largest absolute Gasteiger partial charge is 0.497 e. The second kappa shape index (κ2) is 11.5. The minimum Gasteiger partial charge on any atom is -0.497 e. The fraction of sp³-hybridized carbons (Fsp3) is 0.125. The molecule has 0 unspecified atom stereocenters. The van der Waals surface area contributed by atoms with Gasteiger partial charge in [0.25, 0.3) is 5.91 Å². The van der Waals surface area contributed by atoms with Gasteiger partial charge in [-0.2, -0.15) is 5.10 Å². The van der Waals surface area contributed by atoms with E-state index < -0.39 is 11.9 Å². The highest BCUT2D eigenvalue weighted by Crippen LogP contribution is 2.28. The van der Waals surface area contributed by atoms with E-state index in [9.17, 15) is 9.59 Å². The molecule has 0 atom stereocenters. The van der Waals surface area contributed by atoms with E-state index in [0.29, 0.717) is 33.4 Å². The van der Waals surface area contributed by atoms with Crippen molar-refractivity contribution in [2.24, 2.45) is 5.10 Å². The van der Waals surface area contributed by atoms with Crippen LogP contribution in [-0.2, 0) is 4.79 Å². The predicted molar refractivity (Wildman–Crippen MR) is 124 cm³/mol. The van der Waals surface area contributed by atoms with Crippen molar-refractivity contribution in [3.8, 4) is 23.0 Å². The van der Waals surface area contributed by atoms with Crippen molar-refractivity contribution in [1.82, 2.24) is 5.43 Å². The Bertz CT molecular complexity index is 1150. The minimum absolute atomic E-state index is 0.207. The maximum atomic E-state index is 12.4. The van der Waals surface area contributed by atoms with Crippen LogP contribution >= 0.6 is 11.6 Å². The van der Waals surface area contributed by atoms with E-state index in [2.05, 4.69) is 10.5 Å². The van der Waals surface area contributed by atoms with Crippen LogP contribution in [0, 0.1) is 0 Å². The summed E-state index contributed by atoms with van der Waals surface area (Å²) in [6.45, 7) is -0.207. The average Bonchev–Trinajstić information content (AvgIpc) is 2.84. The molecule has 1 amide bonds. The first-order chi connectivity index (χ1) is 16.0. The molecule has 0 bridgehead atoms. The summed E-state index contributed by atoms with van der Waals surface area (Å²) >= 11 is 5.80. The number of amides is 1. The second-order valence-corrected chi connectivity index (χ2v) is 7.00. The van der Waals surface area contributed by atoms with Crippen LogP contribution in [0.1, 0.15) is 15.9 Å². The van der Waals surface area contributed by atoms with Crippen LogP contribution in [0.4, 0.5) is 0 Å². The lowest BCUT2D eigenvalue weighted by molar-refractivity contribution is -0.123. The third-order valence-electron chi connectivity index (χ3n) is 4.28. The number of methoxy groups -OCH3 is 2. The van der Waals surface area contributed by atoms with Crippen molar-refractivity contribution >= 4 is 29.7 Å². The zero-order chi connectivity index (χ0) is 23.6. The van der Waals surface area contributed by atoms with Crippen molar-refractivity contribution in [2.75, 3.05) is 20.8 Å². The van der Waals surface area contributed by atoms with Crippen LogP contribution in [-0.4, -0.2) is 38.9 Å². The maximum Gasteiger partial charge on any atom is 0.343 e. The summed E-state index contributed by atoms with van der Waals surface area (Å²) in [6, 6.07) is 18.1. The highest BCUT2D eigenvalue weighted by molar-refractivity contribution is 6.30. The Morgan fingerprint density at radius 3 is 2.45 bits per heavy atom. The third-order valence-corrected chi connectivity index (χ3v) is 4.53. The first-order valence-electron chi connectivity index (χ1n) is 9.73. The van der Waals surface area contributed by atoms with E-state index in [1.54, 1.807) is 66.7 Å². The zero-order valence-electron chi connectivity index (χ0n) is 17.9. The summed E-state index contributed by atoms with van der Waals surface area (Å²) in [5.74, 6) is 0.639. The van der Waals surface area contributed by atoms with Crippen molar-refractivity contribution in [3.63, 3.8) is 0 Å². The van der Waals surface area contributed by atoms with Gasteiger partial charge >= 0.3 is 5.97 Å². The summed E-state index contributed by atoms with van der Waals surface area (Å²) in [4.78, 5) is 24.3. The average molecular weight is 469 g/mol. The van der Waals surface area contributed by atoms with E-state index in [4.69, 9.17) is 30.5 Å². The van der Waals surface area contributed by atoms with Gasteiger partial charge in [0.05, 0.1) is 26.0 Å². The molecule has 1 N–H and O–H groups in total. The Hall–Kier alpha value is -4.04. The molecule has 0 heterocycles. The van der Waals surface area contributed by atoms with E-state index in [1.807, 2.05) is 0 Å². The number of nitrogens with zero attached hydrogens (tertiary/aromatic N) is 1. The molecule has 0 aliphatic carbocycles. The van der Waals surface area contributed by atoms with Gasteiger partial charge in [0.2, 0.25) is 0 Å². The Balaban J connectivity index is 1.57. The highest BCUT2D eigenvalue weighted by Gasteiger charge is 2.13. The van der Waals surface area contributed by atoms with E-state index >= 15 is 0 Å². The molecule has 3 aromatic rings. The second-order valence-electron chi connectivity index (χ2n) is 6.57. The molecule has 3 aromatic carbocycles. The van der Waals surface area contributed by atoms with Crippen LogP contribution in [0.25, 0.3) is 0 Å². The van der Waals surface area contributed by atoms with Gasteiger partial charge < -0.3 is 18.9 Å². The minimum atomic E-state index is -0.554. The first-order valence-corrected chi connectivity index (χ1v) is 10.1. The zero-order valence-corrected chi connectivity index (χ0v) is 18.7. The summed E-state index contributed by atoms with van der Waals surface area (Å²) in [5.41, 5.74) is 3.33. The number of hydrazone groups is 1. The molecule has 33 heavy (non-hydrogen) atoms. The highest BCUT2D eigenvalue weighted by atomic mass is 35.5. The van der Waals surface area contributed by atoms with E-state index in [-0.39, 0.29) is 12.4 Å². The molecule has 0 saturated heterocycles. The number of carbonyl (C=O) groups is 2. The third kappa shape index (κ3) is 6.98. The molecular formula is C24H21ClN2O6. The van der Waals surface area contributed by atoms with Gasteiger partial charge in [-0.25, -0.2) is 10.2 Å². The van der Waals surface area contributed by atoms with E-state index in [1.165, 1.54) is 20.4 Å². The lowest BCUT2D eigenvalue weighted by Crippen LogP contribution is -2.24. The number of esters is 1. The molecule has 0 fully saturated rings. The molecule has 0 aromatic heterocycles. The van der Waals surface area contributed by atoms with Crippen LogP contribution in [0.3, 0.4) is 0 Å². The van der Waals surface area contributed by atoms with Crippen molar-refractivity contribution < 1.29 is 28.5 Å². The smallest absolute Gasteiger partial charge is 0.343 e. The Kier molecular flexibility index (Phi) is 8.26. The SMILES string of the molecule is COc1cccc(C(=O)Oc2ccc(/C=N\NC(=O)COc3ccc(Cl)cc3)cc2OC)c1. The van der Waals surface area contributed by atoms with Crippen molar-refractivity contribution in [1.29, 1.82) is 0 Å². The van der Waals surface area contributed by atoms with Crippen LogP contribution < -0.4 is 24.4 Å². The molecule has 0 saturated carbocycles. The number of hydrogen-bond acceptors (Lipinski definition) is 7. The predicted octanol–water partition coefficient (Wildman–Crippen LogP) is 4.11. The maximum absolute atomic E-state index is 12.4. The normalized spacial score (nSPS) is 10.5. The van der Waals surface area contributed by atoms with Crippen LogP contribution in [0.5, 0.6) is 23.0 Å². The summed E-state index contributed by atoms with van der Waals surface area (Å²) in [7, 11) is 2.97. The van der Waals surface area contributed by atoms with Gasteiger partial charge in [-0.15, -0.1) is 0 Å². The van der Waals surface area contributed by atoms with E-state index in [0.717, 1.165) is 0 Å². The quantitative estimate of drug-likeness (QED) is 0.220. The van der Waals surface area contributed by atoms with Gasteiger partial charge in [0.1, 0.15) is 11.5 Å². The van der Waals surface area contributed by atoms with Crippen molar-refractivity contribution in [3.05, 3.63) is 82.9 Å². The lowest BCUT2D eigenvalue weighted by atomic mass is 10.2. The number of rotatable bonds is 9. The van der Waals surface area contributed by atoms with Crippen LogP contribution in [0.15, 0.2) is 71.8 Å². The Morgan fingerprint density at radius 1 is 0.939 bits per heavy atom. The molecule has 8 nitrogen and oxygen atoms in total. The number of ether oxygens (including phenoxy) is 4. The fourth-order valence-corrected chi connectivity index (χ4v) is 2.77. The summed E-state index contributed by atoms with van der Waals surface area (Å²) in [6.07, 6.45) is 1.43. The summed E-state index contributed by atoms with van der Waals surface area (Å²) < 4.78 is 21.2. The molecule has 170 valence electrons. The number of nitrogens with one attached hydrogen (secondary N) is 1. The van der Waals surface area contributed by atoms with Gasteiger partial charge in [0, 0.05) is 5.02 Å². The molecule has 0 spiro atoms. The number of benzene rings is 3. The van der Waals surface area contributed by atoms with Gasteiger partial charge in [-0.3, -0.25) is 4.79 Å². The molecule has 0 radical (unpaired) electrons. The number of halogens is 1. The molecule has 3 rings (SSSR count). The van der Waals surface area contributed by atoms with Crippen LogP contribution in [0.2, 0.25) is 5.02 Å². The number of carbonyl (C=O) groups excluding carboxylic acids is 2. The van der Waals surface area contributed by atoms with Gasteiger partial charge in [0.15, 0.2) is 18.1 Å². The lowest BCUT2D eigenvalue weighted by Gasteiger charge is -2.10. The molecule has 9 heteroatoms. The fourth-order valence-electron chi connectivity index (χ4n) is 2.65. The Morgan fingerprint density at radius 2 is 1.73 bits per heavy atom. The van der Waals surface area contributed by atoms with Gasteiger partial charge in [-0.05, 0) is 66.2 Å².